The molecule has 0 saturated carbocycles. The summed E-state index contributed by atoms with van der Waals surface area (Å²) in [7, 11) is -10.9. The molecule has 1 rings (SSSR count). The van der Waals surface area contributed by atoms with Crippen molar-refractivity contribution in [2.24, 2.45) is 0 Å². The summed E-state index contributed by atoms with van der Waals surface area (Å²) in [4.78, 5) is 46.1. The third kappa shape index (κ3) is 5.44. The van der Waals surface area contributed by atoms with E-state index in [1.165, 1.54) is 0 Å². The lowest BCUT2D eigenvalue weighted by molar-refractivity contribution is -0.154. The van der Waals surface area contributed by atoms with Crippen LogP contribution in [0, 0.1) is 0 Å². The summed E-state index contributed by atoms with van der Waals surface area (Å²) in [6, 6.07) is -1.95. The average molecular weight is 431 g/mol. The van der Waals surface area contributed by atoms with E-state index in [1.807, 2.05) is 0 Å². The Hall–Kier alpha value is -2.10. The average Bonchev–Trinajstić information content (AvgIpc) is 2.73. The highest BCUT2D eigenvalue weighted by Crippen LogP contribution is 2.28. The van der Waals surface area contributed by atoms with E-state index in [1.54, 1.807) is 0 Å². The standard InChI is InChI=1S/C12H17NO12S2/c14-7(15)5-3-1-2-4-6(12(18)19)13-10(16)8(26(20,21)22)9(11(13)17)27(23,24)25/h6,8-9H,1-5H2,(H,14,15)(H,18,19)(H,20,21,22)(H,23,24,25). The van der Waals surface area contributed by atoms with E-state index in [-0.39, 0.29) is 30.6 Å². The van der Waals surface area contributed by atoms with E-state index in [0.717, 1.165) is 0 Å². The van der Waals surface area contributed by atoms with Crippen molar-refractivity contribution in [2.45, 2.75) is 48.6 Å². The third-order valence-electron chi connectivity index (χ3n) is 3.84. The minimum atomic E-state index is -5.46. The van der Waals surface area contributed by atoms with Crippen molar-refractivity contribution in [3.8, 4) is 0 Å². The Labute approximate surface area is 153 Å². The SMILES string of the molecule is O=C(O)CCCCCC(C(=O)O)N1C(=O)C(S(=O)(=O)O)C(S(=O)(=O)O)C1=O. The molecule has 0 aliphatic carbocycles. The number of aliphatic carboxylic acids is 2. The van der Waals surface area contributed by atoms with Crippen LogP contribution in [0.2, 0.25) is 0 Å². The molecule has 3 unspecified atom stereocenters. The van der Waals surface area contributed by atoms with Gasteiger partial charge < -0.3 is 10.2 Å². The molecule has 1 fully saturated rings. The molecular weight excluding hydrogens is 414 g/mol. The summed E-state index contributed by atoms with van der Waals surface area (Å²) in [6.07, 6.45) is -0.215. The van der Waals surface area contributed by atoms with Gasteiger partial charge in [0.2, 0.25) is 0 Å². The molecule has 0 aromatic rings. The van der Waals surface area contributed by atoms with Crippen LogP contribution in [0.1, 0.15) is 32.1 Å². The monoisotopic (exact) mass is 431 g/mol. The van der Waals surface area contributed by atoms with E-state index in [0.29, 0.717) is 0 Å². The van der Waals surface area contributed by atoms with E-state index in [2.05, 4.69) is 0 Å². The summed E-state index contributed by atoms with van der Waals surface area (Å²) in [6.45, 7) is 0. The second-order valence-electron chi connectivity index (χ2n) is 5.76. The maximum absolute atomic E-state index is 12.2. The van der Waals surface area contributed by atoms with Crippen LogP contribution in [0.25, 0.3) is 0 Å². The van der Waals surface area contributed by atoms with Gasteiger partial charge in [-0.1, -0.05) is 12.8 Å². The highest BCUT2D eigenvalue weighted by Gasteiger charge is 2.61. The molecular formula is C12H17NO12S2. The lowest BCUT2D eigenvalue weighted by Crippen LogP contribution is -2.46. The van der Waals surface area contributed by atoms with Gasteiger partial charge in [0.1, 0.15) is 6.04 Å². The minimum absolute atomic E-state index is 0.0222. The Kier molecular flexibility index (Phi) is 7.04. The molecule has 0 aromatic carbocycles. The van der Waals surface area contributed by atoms with Gasteiger partial charge in [-0.25, -0.2) is 4.79 Å². The Bertz CT molecular complexity index is 796. The van der Waals surface area contributed by atoms with Crippen molar-refractivity contribution in [3.05, 3.63) is 0 Å². The third-order valence-corrected chi connectivity index (χ3v) is 6.25. The number of nitrogens with zero attached hydrogens (tertiary/aromatic N) is 1. The molecule has 1 aliphatic rings. The number of imide groups is 1. The molecule has 1 aliphatic heterocycles. The van der Waals surface area contributed by atoms with Crippen molar-refractivity contribution < 1.29 is 55.3 Å². The summed E-state index contributed by atoms with van der Waals surface area (Å²) >= 11 is 0. The molecule has 0 bridgehead atoms. The smallest absolute Gasteiger partial charge is 0.326 e. The Balaban J connectivity index is 3.13. The van der Waals surface area contributed by atoms with E-state index < -0.39 is 67.0 Å². The zero-order valence-electron chi connectivity index (χ0n) is 13.6. The van der Waals surface area contributed by atoms with Gasteiger partial charge in [-0.2, -0.15) is 16.8 Å². The first-order valence-electron chi connectivity index (χ1n) is 7.43. The van der Waals surface area contributed by atoms with Crippen molar-refractivity contribution >= 4 is 44.0 Å². The van der Waals surface area contributed by atoms with E-state index in [4.69, 9.17) is 14.2 Å². The van der Waals surface area contributed by atoms with Crippen LogP contribution >= 0.6 is 0 Å². The Morgan fingerprint density at radius 1 is 0.889 bits per heavy atom. The molecule has 1 heterocycles. The fraction of sp³-hybridized carbons (Fsp3) is 0.667. The van der Waals surface area contributed by atoms with Crippen LogP contribution in [-0.2, 0) is 39.4 Å². The number of amides is 2. The number of carbonyl (C=O) groups is 4. The van der Waals surface area contributed by atoms with Crippen LogP contribution < -0.4 is 0 Å². The molecule has 2 amide bonds. The fourth-order valence-electron chi connectivity index (χ4n) is 2.67. The lowest BCUT2D eigenvalue weighted by atomic mass is 10.1. The second-order valence-corrected chi connectivity index (χ2v) is 8.84. The topological polar surface area (TPSA) is 221 Å². The number of carbonyl (C=O) groups excluding carboxylic acids is 2. The van der Waals surface area contributed by atoms with Crippen LogP contribution in [-0.4, -0.2) is 81.3 Å². The maximum Gasteiger partial charge on any atom is 0.326 e. The summed E-state index contributed by atoms with van der Waals surface area (Å²) in [5.74, 6) is -6.41. The van der Waals surface area contributed by atoms with Gasteiger partial charge in [0.25, 0.3) is 32.1 Å². The minimum Gasteiger partial charge on any atom is -0.481 e. The molecule has 15 heteroatoms. The van der Waals surface area contributed by atoms with Gasteiger partial charge in [-0.05, 0) is 12.8 Å². The zero-order valence-corrected chi connectivity index (χ0v) is 15.2. The maximum atomic E-state index is 12.2. The normalized spacial score (nSPS) is 22.1. The number of hydrogen-bond acceptors (Lipinski definition) is 8. The first kappa shape index (κ1) is 22.9. The van der Waals surface area contributed by atoms with Gasteiger partial charge in [0, 0.05) is 6.42 Å². The second kappa shape index (κ2) is 8.28. The molecule has 154 valence electrons. The Morgan fingerprint density at radius 3 is 1.67 bits per heavy atom. The van der Waals surface area contributed by atoms with Crippen LogP contribution in [0.4, 0.5) is 0 Å². The first-order valence-corrected chi connectivity index (χ1v) is 10.4. The molecule has 1 saturated heterocycles. The molecule has 0 aromatic heterocycles. The summed E-state index contributed by atoms with van der Waals surface area (Å²) in [5.41, 5.74) is 0. The van der Waals surface area contributed by atoms with Crippen LogP contribution in [0.5, 0.6) is 0 Å². The lowest BCUT2D eigenvalue weighted by Gasteiger charge is -2.22. The predicted octanol–water partition coefficient (Wildman–Crippen LogP) is -1.64. The predicted molar refractivity (Wildman–Crippen MR) is 84.7 cm³/mol. The number of likely N-dealkylation sites (tertiary alicyclic amines) is 1. The highest BCUT2D eigenvalue weighted by atomic mass is 32.2. The zero-order chi connectivity index (χ0) is 21.2. The largest absolute Gasteiger partial charge is 0.481 e. The van der Waals surface area contributed by atoms with E-state index in [9.17, 15) is 41.1 Å². The van der Waals surface area contributed by atoms with Crippen molar-refractivity contribution in [1.29, 1.82) is 0 Å². The number of carboxylic acid groups (broad SMARTS) is 2. The van der Waals surface area contributed by atoms with E-state index >= 15 is 0 Å². The van der Waals surface area contributed by atoms with Gasteiger partial charge in [0.15, 0.2) is 10.5 Å². The fourth-order valence-corrected chi connectivity index (χ4v) is 5.11. The van der Waals surface area contributed by atoms with Crippen molar-refractivity contribution in [1.82, 2.24) is 4.90 Å². The quantitative estimate of drug-likeness (QED) is 0.174. The van der Waals surface area contributed by atoms with Crippen molar-refractivity contribution in [2.75, 3.05) is 0 Å². The molecule has 0 spiro atoms. The number of hydrogen-bond donors (Lipinski definition) is 4. The molecule has 27 heavy (non-hydrogen) atoms. The number of carboxylic acids is 2. The first-order chi connectivity index (χ1) is 12.2. The highest BCUT2D eigenvalue weighted by molar-refractivity contribution is 7.91. The number of unbranched alkanes of at least 4 members (excludes halogenated alkanes) is 2. The summed E-state index contributed by atoms with van der Waals surface area (Å²) < 4.78 is 63.4. The van der Waals surface area contributed by atoms with Gasteiger partial charge >= 0.3 is 11.9 Å². The summed E-state index contributed by atoms with van der Waals surface area (Å²) in [5, 5.41) is 12.0. The van der Waals surface area contributed by atoms with Crippen molar-refractivity contribution in [3.63, 3.8) is 0 Å². The van der Waals surface area contributed by atoms with Crippen LogP contribution in [0.3, 0.4) is 0 Å². The molecule has 0 radical (unpaired) electrons. The van der Waals surface area contributed by atoms with Gasteiger partial charge in [0.05, 0.1) is 0 Å². The molecule has 4 N–H and O–H groups in total. The van der Waals surface area contributed by atoms with Crippen LogP contribution in [0.15, 0.2) is 0 Å². The van der Waals surface area contributed by atoms with Gasteiger partial charge in [-0.3, -0.25) is 28.4 Å². The van der Waals surface area contributed by atoms with Gasteiger partial charge in [-0.15, -0.1) is 0 Å². The molecule has 3 atom stereocenters. The number of rotatable bonds is 10. The Morgan fingerprint density at radius 2 is 1.33 bits per heavy atom. The molecule has 13 nitrogen and oxygen atoms in total.